The van der Waals surface area contributed by atoms with E-state index in [1.54, 1.807) is 6.26 Å². The third-order valence-electron chi connectivity index (χ3n) is 2.87. The highest BCUT2D eigenvalue weighted by atomic mass is 79.9. The smallest absolute Gasteiger partial charge is 0.137 e. The Bertz CT molecular complexity index is 326. The molecule has 1 aromatic heterocycles. The van der Waals surface area contributed by atoms with Crippen molar-refractivity contribution in [3.63, 3.8) is 0 Å². The molecule has 1 fully saturated rings. The molecular weight excluding hydrogens is 258 g/mol. The average Bonchev–Trinajstić information content (AvgIpc) is 2.79. The SMILES string of the molecule is CNC(c1occc1Br)C1CCC(C)O1. The van der Waals surface area contributed by atoms with Crippen molar-refractivity contribution in [2.45, 2.75) is 38.0 Å². The van der Waals surface area contributed by atoms with Crippen molar-refractivity contribution in [1.82, 2.24) is 5.32 Å². The van der Waals surface area contributed by atoms with E-state index >= 15 is 0 Å². The van der Waals surface area contributed by atoms with Crippen molar-refractivity contribution < 1.29 is 9.15 Å². The van der Waals surface area contributed by atoms with Gasteiger partial charge >= 0.3 is 0 Å². The first-order valence-electron chi connectivity index (χ1n) is 5.28. The summed E-state index contributed by atoms with van der Waals surface area (Å²) in [5.74, 6) is 0.927. The number of furan rings is 1. The minimum Gasteiger partial charge on any atom is -0.466 e. The van der Waals surface area contributed by atoms with Crippen LogP contribution in [-0.2, 0) is 4.74 Å². The molecule has 1 aliphatic rings. The fourth-order valence-electron chi connectivity index (χ4n) is 2.09. The van der Waals surface area contributed by atoms with Crippen LogP contribution in [0.2, 0.25) is 0 Å². The second-order valence-electron chi connectivity index (χ2n) is 3.96. The Kier molecular flexibility index (Phi) is 3.49. The molecule has 0 radical (unpaired) electrons. The van der Waals surface area contributed by atoms with Crippen molar-refractivity contribution in [1.29, 1.82) is 0 Å². The first kappa shape index (κ1) is 11.2. The second-order valence-corrected chi connectivity index (χ2v) is 4.82. The Labute approximate surface area is 98.3 Å². The van der Waals surface area contributed by atoms with Gasteiger partial charge in [0.15, 0.2) is 0 Å². The molecular formula is C11H16BrNO2. The van der Waals surface area contributed by atoms with E-state index in [9.17, 15) is 0 Å². The van der Waals surface area contributed by atoms with Crippen LogP contribution in [0.4, 0.5) is 0 Å². The maximum Gasteiger partial charge on any atom is 0.137 e. The van der Waals surface area contributed by atoms with Gasteiger partial charge < -0.3 is 14.5 Å². The van der Waals surface area contributed by atoms with Crippen LogP contribution in [-0.4, -0.2) is 19.3 Å². The third-order valence-corrected chi connectivity index (χ3v) is 3.53. The molecule has 0 amide bonds. The van der Waals surface area contributed by atoms with Gasteiger partial charge in [-0.2, -0.15) is 0 Å². The van der Waals surface area contributed by atoms with Crippen LogP contribution in [0.25, 0.3) is 0 Å². The van der Waals surface area contributed by atoms with E-state index in [0.29, 0.717) is 6.10 Å². The van der Waals surface area contributed by atoms with Gasteiger partial charge in [0.1, 0.15) is 5.76 Å². The first-order chi connectivity index (χ1) is 7.22. The van der Waals surface area contributed by atoms with Gasteiger partial charge in [-0.1, -0.05) is 0 Å². The predicted octanol–water partition coefficient (Wildman–Crippen LogP) is 2.87. The summed E-state index contributed by atoms with van der Waals surface area (Å²) in [4.78, 5) is 0. The first-order valence-corrected chi connectivity index (χ1v) is 6.07. The highest BCUT2D eigenvalue weighted by Gasteiger charge is 2.32. The molecule has 0 spiro atoms. The largest absolute Gasteiger partial charge is 0.466 e. The maximum atomic E-state index is 5.85. The maximum absolute atomic E-state index is 5.85. The van der Waals surface area contributed by atoms with E-state index in [-0.39, 0.29) is 12.1 Å². The Morgan fingerprint density at radius 3 is 2.80 bits per heavy atom. The normalized spacial score (nSPS) is 28.2. The zero-order chi connectivity index (χ0) is 10.8. The molecule has 0 saturated carbocycles. The summed E-state index contributed by atoms with van der Waals surface area (Å²) in [7, 11) is 1.94. The second kappa shape index (κ2) is 4.68. The minimum absolute atomic E-state index is 0.138. The Balaban J connectivity index is 2.14. The molecule has 3 nitrogen and oxygen atoms in total. The lowest BCUT2D eigenvalue weighted by molar-refractivity contribution is 0.0284. The third kappa shape index (κ3) is 2.27. The van der Waals surface area contributed by atoms with Crippen LogP contribution in [0.1, 0.15) is 31.6 Å². The predicted molar refractivity (Wildman–Crippen MR) is 61.8 cm³/mol. The quantitative estimate of drug-likeness (QED) is 0.920. The summed E-state index contributed by atoms with van der Waals surface area (Å²) >= 11 is 3.48. The van der Waals surface area contributed by atoms with Crippen LogP contribution >= 0.6 is 15.9 Å². The number of hydrogen-bond donors (Lipinski definition) is 1. The van der Waals surface area contributed by atoms with Gasteiger partial charge in [0.2, 0.25) is 0 Å². The van der Waals surface area contributed by atoms with Gasteiger partial charge in [-0.15, -0.1) is 0 Å². The molecule has 1 aromatic rings. The fraction of sp³-hybridized carbons (Fsp3) is 0.636. The van der Waals surface area contributed by atoms with Crippen molar-refractivity contribution in [2.75, 3.05) is 7.05 Å². The highest BCUT2D eigenvalue weighted by Crippen LogP contribution is 2.33. The van der Waals surface area contributed by atoms with Gasteiger partial charge in [-0.3, -0.25) is 0 Å². The van der Waals surface area contributed by atoms with Crippen molar-refractivity contribution >= 4 is 15.9 Å². The minimum atomic E-state index is 0.138. The molecule has 2 rings (SSSR count). The van der Waals surface area contributed by atoms with Gasteiger partial charge in [-0.05, 0) is 48.8 Å². The fourth-order valence-corrected chi connectivity index (χ4v) is 2.54. The van der Waals surface area contributed by atoms with E-state index in [1.165, 1.54) is 0 Å². The number of ether oxygens (including phenoxy) is 1. The van der Waals surface area contributed by atoms with E-state index in [0.717, 1.165) is 23.1 Å². The van der Waals surface area contributed by atoms with E-state index < -0.39 is 0 Å². The number of hydrogen-bond acceptors (Lipinski definition) is 3. The summed E-state index contributed by atoms with van der Waals surface area (Å²) in [6.07, 6.45) is 4.48. The summed E-state index contributed by atoms with van der Waals surface area (Å²) < 4.78 is 12.3. The topological polar surface area (TPSA) is 34.4 Å². The van der Waals surface area contributed by atoms with Gasteiger partial charge in [-0.25, -0.2) is 0 Å². The number of rotatable bonds is 3. The molecule has 1 N–H and O–H groups in total. The summed E-state index contributed by atoms with van der Waals surface area (Å²) in [5.41, 5.74) is 0. The lowest BCUT2D eigenvalue weighted by atomic mass is 10.1. The number of likely N-dealkylation sites (N-methyl/N-ethyl adjacent to an activating group) is 1. The molecule has 3 unspecified atom stereocenters. The van der Waals surface area contributed by atoms with Crippen LogP contribution in [0, 0.1) is 0 Å². The molecule has 0 aromatic carbocycles. The lowest BCUT2D eigenvalue weighted by Crippen LogP contribution is -2.29. The summed E-state index contributed by atoms with van der Waals surface area (Å²) in [6, 6.07) is 2.05. The average molecular weight is 274 g/mol. The monoisotopic (exact) mass is 273 g/mol. The van der Waals surface area contributed by atoms with Crippen LogP contribution in [0.5, 0.6) is 0 Å². The Morgan fingerprint density at radius 1 is 1.53 bits per heavy atom. The van der Waals surface area contributed by atoms with Crippen molar-refractivity contribution in [3.05, 3.63) is 22.6 Å². The summed E-state index contributed by atoms with van der Waals surface area (Å²) in [6.45, 7) is 2.11. The Hall–Kier alpha value is -0.320. The number of nitrogens with one attached hydrogen (secondary N) is 1. The molecule has 1 aliphatic heterocycles. The summed E-state index contributed by atoms with van der Waals surface area (Å²) in [5, 5.41) is 3.26. The van der Waals surface area contributed by atoms with E-state index in [1.807, 2.05) is 13.1 Å². The number of halogens is 1. The molecule has 0 bridgehead atoms. The Morgan fingerprint density at radius 2 is 2.33 bits per heavy atom. The van der Waals surface area contributed by atoms with E-state index in [2.05, 4.69) is 28.2 Å². The highest BCUT2D eigenvalue weighted by molar-refractivity contribution is 9.10. The zero-order valence-electron chi connectivity index (χ0n) is 9.00. The van der Waals surface area contributed by atoms with E-state index in [4.69, 9.17) is 9.15 Å². The van der Waals surface area contributed by atoms with Crippen LogP contribution < -0.4 is 5.32 Å². The molecule has 84 valence electrons. The van der Waals surface area contributed by atoms with Gasteiger partial charge in [0, 0.05) is 0 Å². The van der Waals surface area contributed by atoms with Crippen LogP contribution in [0.15, 0.2) is 21.2 Å². The molecule has 0 aliphatic carbocycles. The van der Waals surface area contributed by atoms with Gasteiger partial charge in [0.25, 0.3) is 0 Å². The standard InChI is InChI=1S/C11H16BrNO2/c1-7-3-4-9(15-7)10(13-2)11-8(12)5-6-14-11/h5-7,9-10,13H,3-4H2,1-2H3. The zero-order valence-corrected chi connectivity index (χ0v) is 10.6. The molecule has 3 atom stereocenters. The van der Waals surface area contributed by atoms with Crippen molar-refractivity contribution in [2.24, 2.45) is 0 Å². The molecule has 4 heteroatoms. The molecule has 2 heterocycles. The lowest BCUT2D eigenvalue weighted by Gasteiger charge is -2.21. The van der Waals surface area contributed by atoms with Crippen LogP contribution in [0.3, 0.4) is 0 Å². The van der Waals surface area contributed by atoms with Crippen molar-refractivity contribution in [3.8, 4) is 0 Å². The molecule has 15 heavy (non-hydrogen) atoms. The molecule has 1 saturated heterocycles. The van der Waals surface area contributed by atoms with Gasteiger partial charge in [0.05, 0.1) is 29.0 Å².